The highest BCUT2D eigenvalue weighted by atomic mass is 16.3. The van der Waals surface area contributed by atoms with E-state index in [-0.39, 0.29) is 5.78 Å². The molecule has 3 aromatic carbocycles. The van der Waals surface area contributed by atoms with Crippen LogP contribution < -0.4 is 0 Å². The standard InChI is InChI=1S/C20H16O2/c1-20(15-11-10-13-6-2-3-7-14(13)12-15)18(21)16-8-4-5-9-17(16)19(20)22/h2-12,18,21H,1H3. The fraction of sp³-hybridized carbons (Fsp3) is 0.150. The average molecular weight is 288 g/mol. The van der Waals surface area contributed by atoms with Gasteiger partial charge in [0, 0.05) is 5.56 Å². The molecule has 2 nitrogen and oxygen atoms in total. The molecule has 108 valence electrons. The fourth-order valence-corrected chi connectivity index (χ4v) is 3.46. The summed E-state index contributed by atoms with van der Waals surface area (Å²) >= 11 is 0. The summed E-state index contributed by atoms with van der Waals surface area (Å²) in [7, 11) is 0. The van der Waals surface area contributed by atoms with Crippen LogP contribution in [0.1, 0.15) is 34.5 Å². The number of aliphatic hydroxyl groups excluding tert-OH is 1. The van der Waals surface area contributed by atoms with Crippen LogP contribution in [0.25, 0.3) is 10.8 Å². The van der Waals surface area contributed by atoms with Gasteiger partial charge < -0.3 is 5.11 Å². The quantitative estimate of drug-likeness (QED) is 0.734. The van der Waals surface area contributed by atoms with Crippen LogP contribution in [-0.2, 0) is 5.41 Å². The van der Waals surface area contributed by atoms with Crippen molar-refractivity contribution >= 4 is 16.6 Å². The Morgan fingerprint density at radius 2 is 1.59 bits per heavy atom. The lowest BCUT2D eigenvalue weighted by atomic mass is 9.76. The van der Waals surface area contributed by atoms with Crippen molar-refractivity contribution in [1.29, 1.82) is 0 Å². The maximum absolute atomic E-state index is 12.9. The van der Waals surface area contributed by atoms with Gasteiger partial charge in [-0.05, 0) is 28.8 Å². The van der Waals surface area contributed by atoms with Gasteiger partial charge >= 0.3 is 0 Å². The van der Waals surface area contributed by atoms with Crippen LogP contribution in [0.4, 0.5) is 0 Å². The highest BCUT2D eigenvalue weighted by Gasteiger charge is 2.50. The predicted octanol–water partition coefficient (Wildman–Crippen LogP) is 4.03. The smallest absolute Gasteiger partial charge is 0.176 e. The number of Topliss-reactive ketones (excluding diaryl/α,β-unsaturated/α-hetero) is 1. The third kappa shape index (κ3) is 1.62. The summed E-state index contributed by atoms with van der Waals surface area (Å²) in [6.07, 6.45) is -0.808. The minimum atomic E-state index is -0.923. The van der Waals surface area contributed by atoms with E-state index >= 15 is 0 Å². The molecular formula is C20H16O2. The SMILES string of the molecule is CC1(c2ccc3ccccc3c2)C(=O)c2ccccc2C1O. The molecule has 0 bridgehead atoms. The molecule has 3 aromatic rings. The van der Waals surface area contributed by atoms with Gasteiger partial charge in [-0.25, -0.2) is 0 Å². The molecule has 0 fully saturated rings. The monoisotopic (exact) mass is 288 g/mol. The van der Waals surface area contributed by atoms with Crippen molar-refractivity contribution in [2.24, 2.45) is 0 Å². The minimum Gasteiger partial charge on any atom is -0.387 e. The lowest BCUT2D eigenvalue weighted by molar-refractivity contribution is 0.0684. The number of carbonyl (C=O) groups is 1. The van der Waals surface area contributed by atoms with Gasteiger partial charge in [0.2, 0.25) is 0 Å². The van der Waals surface area contributed by atoms with Crippen molar-refractivity contribution in [3.05, 3.63) is 83.4 Å². The van der Waals surface area contributed by atoms with Gasteiger partial charge in [-0.1, -0.05) is 66.7 Å². The molecule has 0 saturated carbocycles. The molecular weight excluding hydrogens is 272 g/mol. The first kappa shape index (κ1) is 13.2. The summed E-state index contributed by atoms with van der Waals surface area (Å²) in [4.78, 5) is 12.9. The van der Waals surface area contributed by atoms with E-state index < -0.39 is 11.5 Å². The second-order valence-corrected chi connectivity index (χ2v) is 6.08. The Morgan fingerprint density at radius 1 is 0.909 bits per heavy atom. The van der Waals surface area contributed by atoms with E-state index in [9.17, 15) is 9.90 Å². The van der Waals surface area contributed by atoms with E-state index in [0.717, 1.165) is 21.9 Å². The van der Waals surface area contributed by atoms with Crippen molar-refractivity contribution in [3.63, 3.8) is 0 Å². The number of carbonyl (C=O) groups excluding carboxylic acids is 1. The number of ketones is 1. The summed E-state index contributed by atoms with van der Waals surface area (Å²) in [6.45, 7) is 1.84. The summed E-state index contributed by atoms with van der Waals surface area (Å²) < 4.78 is 0. The summed E-state index contributed by atoms with van der Waals surface area (Å²) in [6, 6.07) is 21.4. The normalized spacial score (nSPS) is 23.7. The Kier molecular flexibility index (Phi) is 2.72. The van der Waals surface area contributed by atoms with Gasteiger partial charge in [-0.15, -0.1) is 0 Å². The van der Waals surface area contributed by atoms with Gasteiger partial charge in [-0.2, -0.15) is 0 Å². The second-order valence-electron chi connectivity index (χ2n) is 6.08. The molecule has 0 radical (unpaired) electrons. The molecule has 0 heterocycles. The molecule has 2 unspecified atom stereocenters. The molecule has 0 aliphatic heterocycles. The van der Waals surface area contributed by atoms with Crippen LogP contribution in [0.15, 0.2) is 66.7 Å². The van der Waals surface area contributed by atoms with E-state index in [4.69, 9.17) is 0 Å². The van der Waals surface area contributed by atoms with Crippen LogP contribution >= 0.6 is 0 Å². The molecule has 0 saturated heterocycles. The van der Waals surface area contributed by atoms with E-state index in [2.05, 4.69) is 0 Å². The van der Waals surface area contributed by atoms with Crippen LogP contribution in [0.3, 0.4) is 0 Å². The third-order valence-corrected chi connectivity index (χ3v) is 4.87. The lowest BCUT2D eigenvalue weighted by Gasteiger charge is -2.27. The molecule has 22 heavy (non-hydrogen) atoms. The zero-order chi connectivity index (χ0) is 15.3. The summed E-state index contributed by atoms with van der Waals surface area (Å²) in [5.74, 6) is -0.00844. The van der Waals surface area contributed by atoms with Gasteiger partial charge in [-0.3, -0.25) is 4.79 Å². The molecule has 0 amide bonds. The fourth-order valence-electron chi connectivity index (χ4n) is 3.46. The first-order valence-corrected chi connectivity index (χ1v) is 7.43. The van der Waals surface area contributed by atoms with E-state index in [1.165, 1.54) is 0 Å². The van der Waals surface area contributed by atoms with Crippen LogP contribution in [0.5, 0.6) is 0 Å². The lowest BCUT2D eigenvalue weighted by Crippen LogP contribution is -2.33. The van der Waals surface area contributed by atoms with Gasteiger partial charge in [0.15, 0.2) is 5.78 Å². The maximum atomic E-state index is 12.9. The molecule has 4 rings (SSSR count). The summed E-state index contributed by atoms with van der Waals surface area (Å²) in [5.41, 5.74) is 1.29. The van der Waals surface area contributed by atoms with Crippen LogP contribution in [0.2, 0.25) is 0 Å². The molecule has 1 N–H and O–H groups in total. The molecule has 0 aromatic heterocycles. The number of fused-ring (bicyclic) bond motifs is 2. The number of rotatable bonds is 1. The molecule has 1 aliphatic rings. The maximum Gasteiger partial charge on any atom is 0.176 e. The van der Waals surface area contributed by atoms with Gasteiger partial charge in [0.25, 0.3) is 0 Å². The van der Waals surface area contributed by atoms with E-state index in [1.807, 2.05) is 67.6 Å². The first-order chi connectivity index (χ1) is 10.6. The molecule has 0 spiro atoms. The van der Waals surface area contributed by atoms with Crippen molar-refractivity contribution in [3.8, 4) is 0 Å². The number of hydrogen-bond donors (Lipinski definition) is 1. The third-order valence-electron chi connectivity index (χ3n) is 4.87. The Labute approximate surface area is 129 Å². The summed E-state index contributed by atoms with van der Waals surface area (Å²) in [5, 5.41) is 13.0. The molecule has 1 aliphatic carbocycles. The highest BCUT2D eigenvalue weighted by Crippen LogP contribution is 2.47. The largest absolute Gasteiger partial charge is 0.387 e. The number of benzene rings is 3. The second kappa shape index (κ2) is 4.52. The van der Waals surface area contributed by atoms with Crippen molar-refractivity contribution in [2.75, 3.05) is 0 Å². The Balaban J connectivity index is 1.92. The Hall–Kier alpha value is -2.45. The minimum absolute atomic E-state index is 0.00844. The van der Waals surface area contributed by atoms with E-state index in [1.54, 1.807) is 6.07 Å². The zero-order valence-electron chi connectivity index (χ0n) is 12.3. The number of hydrogen-bond acceptors (Lipinski definition) is 2. The Bertz CT molecular complexity index is 897. The van der Waals surface area contributed by atoms with Crippen molar-refractivity contribution < 1.29 is 9.90 Å². The first-order valence-electron chi connectivity index (χ1n) is 7.43. The predicted molar refractivity (Wildman–Crippen MR) is 87.0 cm³/mol. The number of aliphatic hydroxyl groups is 1. The van der Waals surface area contributed by atoms with Gasteiger partial charge in [0.05, 0.1) is 11.5 Å². The van der Waals surface area contributed by atoms with E-state index in [0.29, 0.717) is 5.56 Å². The molecule has 2 heteroatoms. The van der Waals surface area contributed by atoms with Gasteiger partial charge in [0.1, 0.15) is 0 Å². The average Bonchev–Trinajstić information content (AvgIpc) is 2.77. The topological polar surface area (TPSA) is 37.3 Å². The zero-order valence-corrected chi connectivity index (χ0v) is 12.3. The van der Waals surface area contributed by atoms with Crippen LogP contribution in [0, 0.1) is 0 Å². The van der Waals surface area contributed by atoms with Crippen LogP contribution in [-0.4, -0.2) is 10.9 Å². The highest BCUT2D eigenvalue weighted by molar-refractivity contribution is 6.09. The molecule has 2 atom stereocenters. The Morgan fingerprint density at radius 3 is 2.36 bits per heavy atom. The van der Waals surface area contributed by atoms with Crippen molar-refractivity contribution in [2.45, 2.75) is 18.4 Å². The van der Waals surface area contributed by atoms with Crippen molar-refractivity contribution in [1.82, 2.24) is 0 Å².